The molecule has 76 valence electrons. The minimum Gasteiger partial charge on any atom is -0.355 e. The monoisotopic (exact) mass is 184 g/mol. The van der Waals surface area contributed by atoms with E-state index in [-0.39, 0.29) is 11.9 Å². The minimum absolute atomic E-state index is 0.0512. The number of piperidine rings is 1. The van der Waals surface area contributed by atoms with E-state index < -0.39 is 0 Å². The first-order valence-electron chi connectivity index (χ1n) is 5.27. The highest BCUT2D eigenvalue weighted by Crippen LogP contribution is 2.05. The molecule has 1 aliphatic heterocycles. The number of hydrogen-bond donors (Lipinski definition) is 2. The van der Waals surface area contributed by atoms with Gasteiger partial charge in [-0.1, -0.05) is 13.3 Å². The van der Waals surface area contributed by atoms with E-state index in [9.17, 15) is 4.79 Å². The van der Waals surface area contributed by atoms with Crippen molar-refractivity contribution < 1.29 is 4.79 Å². The second kappa shape index (κ2) is 5.22. The second-order valence-corrected chi connectivity index (χ2v) is 3.84. The number of amides is 1. The van der Waals surface area contributed by atoms with Crippen molar-refractivity contribution in [3.8, 4) is 0 Å². The van der Waals surface area contributed by atoms with Gasteiger partial charge in [0.05, 0.1) is 6.04 Å². The average Bonchev–Trinajstić information content (AvgIpc) is 2.09. The summed E-state index contributed by atoms with van der Waals surface area (Å²) in [7, 11) is 0. The predicted octanol–water partition coefficient (Wildman–Crippen LogP) is 1.04. The van der Waals surface area contributed by atoms with Crippen molar-refractivity contribution in [1.82, 2.24) is 10.6 Å². The van der Waals surface area contributed by atoms with E-state index in [1.165, 1.54) is 6.42 Å². The molecule has 1 aliphatic rings. The molecule has 3 nitrogen and oxygen atoms in total. The van der Waals surface area contributed by atoms with Gasteiger partial charge in [-0.15, -0.1) is 0 Å². The maximum absolute atomic E-state index is 11.4. The topological polar surface area (TPSA) is 41.1 Å². The minimum atomic E-state index is 0.0512. The van der Waals surface area contributed by atoms with Gasteiger partial charge in [-0.25, -0.2) is 0 Å². The highest BCUT2D eigenvalue weighted by molar-refractivity contribution is 5.82. The summed E-state index contributed by atoms with van der Waals surface area (Å²) in [5.41, 5.74) is 0. The number of carbonyl (C=O) groups is 1. The van der Waals surface area contributed by atoms with Crippen molar-refractivity contribution in [2.45, 2.75) is 51.6 Å². The first-order chi connectivity index (χ1) is 6.24. The van der Waals surface area contributed by atoms with Crippen molar-refractivity contribution in [3.05, 3.63) is 0 Å². The lowest BCUT2D eigenvalue weighted by Crippen LogP contribution is -2.50. The summed E-state index contributed by atoms with van der Waals surface area (Å²) in [6, 6.07) is 0.508. The average molecular weight is 184 g/mol. The standard InChI is InChI=1S/C10H20N2O/c1-3-5-8(2)12-9-6-4-7-11-10(9)13/h8-9,12H,3-7H2,1-2H3,(H,11,13). The molecule has 1 heterocycles. The van der Waals surface area contributed by atoms with Crippen LogP contribution in [0, 0.1) is 0 Å². The van der Waals surface area contributed by atoms with E-state index in [4.69, 9.17) is 0 Å². The number of nitrogens with one attached hydrogen (secondary N) is 2. The SMILES string of the molecule is CCCC(C)NC1CCCNC1=O. The molecule has 1 saturated heterocycles. The van der Waals surface area contributed by atoms with Gasteiger partial charge >= 0.3 is 0 Å². The molecule has 0 aliphatic carbocycles. The molecule has 0 radical (unpaired) electrons. The Hall–Kier alpha value is -0.570. The third-order valence-electron chi connectivity index (χ3n) is 2.49. The second-order valence-electron chi connectivity index (χ2n) is 3.84. The Kier molecular flexibility index (Phi) is 4.22. The van der Waals surface area contributed by atoms with Crippen molar-refractivity contribution in [1.29, 1.82) is 0 Å². The Morgan fingerprint density at radius 2 is 2.46 bits per heavy atom. The van der Waals surface area contributed by atoms with Gasteiger partial charge in [-0.3, -0.25) is 4.79 Å². The van der Waals surface area contributed by atoms with E-state index >= 15 is 0 Å². The zero-order chi connectivity index (χ0) is 9.68. The summed E-state index contributed by atoms with van der Waals surface area (Å²) < 4.78 is 0. The normalized spacial score (nSPS) is 25.4. The van der Waals surface area contributed by atoms with Crippen molar-refractivity contribution in [3.63, 3.8) is 0 Å². The summed E-state index contributed by atoms with van der Waals surface area (Å²) >= 11 is 0. The molecule has 0 spiro atoms. The van der Waals surface area contributed by atoms with E-state index in [0.29, 0.717) is 6.04 Å². The molecule has 13 heavy (non-hydrogen) atoms. The van der Waals surface area contributed by atoms with Crippen LogP contribution < -0.4 is 10.6 Å². The molecule has 1 fully saturated rings. The molecule has 3 heteroatoms. The van der Waals surface area contributed by atoms with Crippen LogP contribution in [-0.2, 0) is 4.79 Å². The van der Waals surface area contributed by atoms with Gasteiger partial charge in [-0.2, -0.15) is 0 Å². The van der Waals surface area contributed by atoms with E-state index in [1.54, 1.807) is 0 Å². The molecular weight excluding hydrogens is 164 g/mol. The number of hydrogen-bond acceptors (Lipinski definition) is 2. The third kappa shape index (κ3) is 3.35. The molecule has 1 rings (SSSR count). The van der Waals surface area contributed by atoms with Crippen LogP contribution in [0.25, 0.3) is 0 Å². The summed E-state index contributed by atoms with van der Waals surface area (Å²) in [6.07, 6.45) is 4.40. The number of rotatable bonds is 4. The maximum atomic E-state index is 11.4. The molecule has 0 aromatic carbocycles. The highest BCUT2D eigenvalue weighted by atomic mass is 16.2. The highest BCUT2D eigenvalue weighted by Gasteiger charge is 2.22. The third-order valence-corrected chi connectivity index (χ3v) is 2.49. The van der Waals surface area contributed by atoms with Crippen molar-refractivity contribution in [2.24, 2.45) is 0 Å². The van der Waals surface area contributed by atoms with Gasteiger partial charge in [0.2, 0.25) is 5.91 Å². The van der Waals surface area contributed by atoms with Gasteiger partial charge < -0.3 is 10.6 Å². The van der Waals surface area contributed by atoms with E-state index in [1.807, 2.05) is 0 Å². The Morgan fingerprint density at radius 3 is 3.08 bits per heavy atom. The summed E-state index contributed by atoms with van der Waals surface area (Å²) in [5, 5.41) is 6.24. The Balaban J connectivity index is 2.29. The van der Waals surface area contributed by atoms with Crippen LogP contribution in [0.4, 0.5) is 0 Å². The molecule has 0 aromatic heterocycles. The van der Waals surface area contributed by atoms with Crippen LogP contribution in [0.5, 0.6) is 0 Å². The zero-order valence-electron chi connectivity index (χ0n) is 8.60. The fourth-order valence-corrected chi connectivity index (χ4v) is 1.79. The molecule has 2 N–H and O–H groups in total. The van der Waals surface area contributed by atoms with Crippen LogP contribution in [0.3, 0.4) is 0 Å². The van der Waals surface area contributed by atoms with Gasteiger partial charge in [0.25, 0.3) is 0 Å². The first-order valence-corrected chi connectivity index (χ1v) is 5.27. The molecule has 1 amide bonds. The molecule has 2 atom stereocenters. The fourth-order valence-electron chi connectivity index (χ4n) is 1.79. The molecule has 2 unspecified atom stereocenters. The van der Waals surface area contributed by atoms with Crippen LogP contribution >= 0.6 is 0 Å². The smallest absolute Gasteiger partial charge is 0.237 e. The molecule has 0 aromatic rings. The Labute approximate surface area is 80.3 Å². The summed E-state index contributed by atoms with van der Waals surface area (Å²) in [6.45, 7) is 5.16. The fraction of sp³-hybridized carbons (Fsp3) is 0.900. The van der Waals surface area contributed by atoms with Crippen LogP contribution in [0.1, 0.15) is 39.5 Å². The van der Waals surface area contributed by atoms with Gasteiger partial charge in [0.15, 0.2) is 0 Å². The first kappa shape index (κ1) is 10.5. The van der Waals surface area contributed by atoms with Crippen molar-refractivity contribution >= 4 is 5.91 Å². The molecule has 0 bridgehead atoms. The zero-order valence-corrected chi connectivity index (χ0v) is 8.60. The summed E-state index contributed by atoms with van der Waals surface area (Å²) in [4.78, 5) is 11.4. The van der Waals surface area contributed by atoms with Gasteiger partial charge in [0.1, 0.15) is 0 Å². The van der Waals surface area contributed by atoms with E-state index in [0.717, 1.165) is 25.8 Å². The molecular formula is C10H20N2O. The van der Waals surface area contributed by atoms with Crippen molar-refractivity contribution in [2.75, 3.05) is 6.54 Å². The quantitative estimate of drug-likeness (QED) is 0.685. The lowest BCUT2D eigenvalue weighted by Gasteiger charge is -2.26. The lowest BCUT2D eigenvalue weighted by atomic mass is 10.0. The Morgan fingerprint density at radius 1 is 1.69 bits per heavy atom. The maximum Gasteiger partial charge on any atom is 0.237 e. The molecule has 0 saturated carbocycles. The van der Waals surface area contributed by atoms with E-state index in [2.05, 4.69) is 24.5 Å². The number of carbonyl (C=O) groups excluding carboxylic acids is 1. The lowest BCUT2D eigenvalue weighted by molar-refractivity contribution is -0.124. The van der Waals surface area contributed by atoms with Gasteiger partial charge in [-0.05, 0) is 26.2 Å². The predicted molar refractivity (Wildman–Crippen MR) is 53.5 cm³/mol. The Bertz CT molecular complexity index is 170. The van der Waals surface area contributed by atoms with Crippen LogP contribution in [0.2, 0.25) is 0 Å². The van der Waals surface area contributed by atoms with Gasteiger partial charge in [0, 0.05) is 12.6 Å². The summed E-state index contributed by atoms with van der Waals surface area (Å²) in [5.74, 6) is 0.175. The van der Waals surface area contributed by atoms with Crippen LogP contribution in [-0.4, -0.2) is 24.5 Å². The van der Waals surface area contributed by atoms with Crippen LogP contribution in [0.15, 0.2) is 0 Å². The largest absolute Gasteiger partial charge is 0.355 e.